The van der Waals surface area contributed by atoms with Crippen molar-refractivity contribution in [2.45, 2.75) is 44.2 Å². The second kappa shape index (κ2) is 6.59. The zero-order chi connectivity index (χ0) is 14.3. The van der Waals surface area contributed by atoms with Gasteiger partial charge in [0.2, 0.25) is 0 Å². The molecule has 2 aliphatic rings. The zero-order valence-electron chi connectivity index (χ0n) is 12.2. The molecule has 2 aliphatic carbocycles. The Labute approximate surface area is 136 Å². The van der Waals surface area contributed by atoms with E-state index in [9.17, 15) is 4.79 Å². The van der Waals surface area contributed by atoms with Crippen molar-refractivity contribution in [1.82, 2.24) is 9.88 Å². The first-order valence-corrected chi connectivity index (χ1v) is 7.80. The molecule has 1 aromatic heterocycles. The van der Waals surface area contributed by atoms with E-state index in [1.165, 1.54) is 19.3 Å². The predicted molar refractivity (Wildman–Crippen MR) is 87.0 cm³/mol. The number of hydrogen-bond acceptors (Lipinski definition) is 2. The summed E-state index contributed by atoms with van der Waals surface area (Å²) >= 11 is 5.95. The first kappa shape index (κ1) is 16.7. The largest absolute Gasteiger partial charge is 0.347 e. The van der Waals surface area contributed by atoms with Crippen LogP contribution in [0.5, 0.6) is 0 Å². The molecule has 21 heavy (non-hydrogen) atoms. The minimum atomic E-state index is -0.0169. The number of nitrogens with zero attached hydrogens (tertiary/aromatic N) is 1. The summed E-state index contributed by atoms with van der Waals surface area (Å²) < 4.78 is 1.78. The number of amides is 1. The SMILES string of the molecule is Cl.Cn1cc(Cl)cc1C(=O)NC1C2CCCC1CC(N)C2. The smallest absolute Gasteiger partial charge is 0.268 e. The standard InChI is InChI=1S/C15H22ClN3O.ClH/c1-19-8-11(16)7-13(19)15(20)18-14-9-3-2-4-10(14)6-12(17)5-9;/h7-10,12,14H,2-6,17H2,1H3,(H,18,20);1H. The number of aryl methyl sites for hydroxylation is 1. The summed E-state index contributed by atoms with van der Waals surface area (Å²) in [6.45, 7) is 0. The van der Waals surface area contributed by atoms with Gasteiger partial charge in [-0.05, 0) is 43.6 Å². The lowest BCUT2D eigenvalue weighted by molar-refractivity contribution is 0.0749. The van der Waals surface area contributed by atoms with E-state index in [0.29, 0.717) is 28.6 Å². The number of carbonyl (C=O) groups excluding carboxylic acids is 1. The third-order valence-corrected chi connectivity index (χ3v) is 5.09. The molecule has 1 heterocycles. The van der Waals surface area contributed by atoms with Crippen LogP contribution in [0.15, 0.2) is 12.3 Å². The van der Waals surface area contributed by atoms with E-state index in [1.54, 1.807) is 16.8 Å². The van der Waals surface area contributed by atoms with Gasteiger partial charge in [0.1, 0.15) is 5.69 Å². The van der Waals surface area contributed by atoms with Crippen molar-refractivity contribution >= 4 is 29.9 Å². The molecule has 3 N–H and O–H groups in total. The van der Waals surface area contributed by atoms with Gasteiger partial charge < -0.3 is 15.6 Å². The fraction of sp³-hybridized carbons (Fsp3) is 0.667. The van der Waals surface area contributed by atoms with Gasteiger partial charge in [-0.1, -0.05) is 18.0 Å². The van der Waals surface area contributed by atoms with Gasteiger partial charge in [0.25, 0.3) is 5.91 Å². The Hall–Kier alpha value is -0.710. The van der Waals surface area contributed by atoms with Crippen molar-refractivity contribution in [2.24, 2.45) is 24.6 Å². The summed E-state index contributed by atoms with van der Waals surface area (Å²) in [7, 11) is 1.85. The molecule has 0 aromatic carbocycles. The van der Waals surface area contributed by atoms with Crippen LogP contribution < -0.4 is 11.1 Å². The normalized spacial score (nSPS) is 31.4. The van der Waals surface area contributed by atoms with Gasteiger partial charge in [-0.2, -0.15) is 0 Å². The molecule has 2 bridgehead atoms. The van der Waals surface area contributed by atoms with Gasteiger partial charge in [0, 0.05) is 25.3 Å². The summed E-state index contributed by atoms with van der Waals surface area (Å²) in [5.41, 5.74) is 6.75. The van der Waals surface area contributed by atoms with Gasteiger partial charge in [-0.25, -0.2) is 0 Å². The molecule has 4 nitrogen and oxygen atoms in total. The van der Waals surface area contributed by atoms with E-state index in [4.69, 9.17) is 17.3 Å². The van der Waals surface area contributed by atoms with Crippen molar-refractivity contribution in [3.05, 3.63) is 23.0 Å². The Bertz CT molecular complexity index is 503. The second-order valence-corrected chi connectivity index (χ2v) is 6.77. The Balaban J connectivity index is 0.00000161. The van der Waals surface area contributed by atoms with Crippen LogP contribution in [0, 0.1) is 11.8 Å². The molecule has 1 aromatic rings. The number of aromatic nitrogens is 1. The van der Waals surface area contributed by atoms with Crippen LogP contribution in [-0.2, 0) is 7.05 Å². The maximum atomic E-state index is 12.4. The second-order valence-electron chi connectivity index (χ2n) is 6.34. The molecule has 118 valence electrons. The van der Waals surface area contributed by atoms with E-state index in [1.807, 2.05) is 7.05 Å². The van der Waals surface area contributed by atoms with Crippen LogP contribution >= 0.6 is 24.0 Å². The number of rotatable bonds is 2. The monoisotopic (exact) mass is 331 g/mol. The molecule has 2 unspecified atom stereocenters. The molecule has 3 rings (SSSR count). The van der Waals surface area contributed by atoms with Gasteiger partial charge in [-0.3, -0.25) is 4.79 Å². The van der Waals surface area contributed by atoms with E-state index in [2.05, 4.69) is 5.32 Å². The van der Waals surface area contributed by atoms with Crippen molar-refractivity contribution in [3.8, 4) is 0 Å². The number of carbonyl (C=O) groups is 1. The molecule has 6 heteroatoms. The lowest BCUT2D eigenvalue weighted by Crippen LogP contribution is -2.53. The lowest BCUT2D eigenvalue weighted by atomic mass is 9.67. The van der Waals surface area contributed by atoms with E-state index in [0.717, 1.165) is 12.8 Å². The summed E-state index contributed by atoms with van der Waals surface area (Å²) in [6.07, 6.45) is 7.47. The molecule has 2 atom stereocenters. The number of halogens is 2. The van der Waals surface area contributed by atoms with Crippen molar-refractivity contribution < 1.29 is 4.79 Å². The van der Waals surface area contributed by atoms with Gasteiger partial charge >= 0.3 is 0 Å². The van der Waals surface area contributed by atoms with E-state index < -0.39 is 0 Å². The summed E-state index contributed by atoms with van der Waals surface area (Å²) in [4.78, 5) is 12.4. The van der Waals surface area contributed by atoms with Crippen molar-refractivity contribution in [3.63, 3.8) is 0 Å². The summed E-state index contributed by atoms with van der Waals surface area (Å²) in [5, 5.41) is 3.84. The molecule has 0 spiro atoms. The third kappa shape index (κ3) is 3.38. The molecule has 0 saturated heterocycles. The zero-order valence-corrected chi connectivity index (χ0v) is 13.8. The number of hydrogen-bond donors (Lipinski definition) is 2. The Morgan fingerprint density at radius 3 is 2.52 bits per heavy atom. The van der Waals surface area contributed by atoms with Crippen molar-refractivity contribution in [1.29, 1.82) is 0 Å². The molecular formula is C15H23Cl2N3O. The average molecular weight is 332 g/mol. The Morgan fingerprint density at radius 2 is 2.00 bits per heavy atom. The van der Waals surface area contributed by atoms with Crippen LogP contribution in [0.1, 0.15) is 42.6 Å². The Kier molecular flexibility index (Phi) is 5.23. The third-order valence-electron chi connectivity index (χ3n) is 4.88. The fourth-order valence-electron chi connectivity index (χ4n) is 4.00. The Morgan fingerprint density at radius 1 is 1.38 bits per heavy atom. The maximum Gasteiger partial charge on any atom is 0.268 e. The fourth-order valence-corrected chi connectivity index (χ4v) is 4.25. The van der Waals surface area contributed by atoms with Gasteiger partial charge in [-0.15, -0.1) is 12.4 Å². The highest BCUT2D eigenvalue weighted by Crippen LogP contribution is 2.39. The molecule has 2 fully saturated rings. The van der Waals surface area contributed by atoms with E-state index >= 15 is 0 Å². The van der Waals surface area contributed by atoms with Crippen LogP contribution in [0.4, 0.5) is 0 Å². The van der Waals surface area contributed by atoms with Crippen LogP contribution in [0.3, 0.4) is 0 Å². The topological polar surface area (TPSA) is 60.0 Å². The first-order valence-electron chi connectivity index (χ1n) is 7.43. The van der Waals surface area contributed by atoms with Crippen LogP contribution in [0.2, 0.25) is 5.02 Å². The quantitative estimate of drug-likeness (QED) is 0.875. The number of nitrogens with two attached hydrogens (primary N) is 1. The molecule has 1 amide bonds. The van der Waals surface area contributed by atoms with Gasteiger partial charge in [0.05, 0.1) is 5.02 Å². The number of fused-ring (bicyclic) bond motifs is 2. The molecule has 0 aliphatic heterocycles. The summed E-state index contributed by atoms with van der Waals surface area (Å²) in [6, 6.07) is 2.31. The van der Waals surface area contributed by atoms with Gasteiger partial charge in [0.15, 0.2) is 0 Å². The first-order chi connectivity index (χ1) is 9.54. The minimum absolute atomic E-state index is 0. The highest BCUT2D eigenvalue weighted by Gasteiger charge is 2.40. The van der Waals surface area contributed by atoms with Crippen LogP contribution in [-0.4, -0.2) is 22.6 Å². The highest BCUT2D eigenvalue weighted by molar-refractivity contribution is 6.31. The van der Waals surface area contributed by atoms with Crippen LogP contribution in [0.25, 0.3) is 0 Å². The predicted octanol–water partition coefficient (Wildman–Crippen LogP) is 2.74. The molecule has 0 radical (unpaired) electrons. The average Bonchev–Trinajstić information content (AvgIpc) is 2.69. The van der Waals surface area contributed by atoms with E-state index in [-0.39, 0.29) is 24.4 Å². The number of nitrogens with one attached hydrogen (secondary N) is 1. The maximum absolute atomic E-state index is 12.4. The minimum Gasteiger partial charge on any atom is -0.347 e. The molecule has 2 saturated carbocycles. The highest BCUT2D eigenvalue weighted by atomic mass is 35.5. The lowest BCUT2D eigenvalue weighted by Gasteiger charge is -2.45. The van der Waals surface area contributed by atoms with Crippen molar-refractivity contribution in [2.75, 3.05) is 0 Å². The molecular weight excluding hydrogens is 309 g/mol. The summed E-state index contributed by atoms with van der Waals surface area (Å²) in [5.74, 6) is 1.06.